The number of aliphatic hydroxyl groups is 1. The molecule has 1 aromatic rings. The molecule has 0 radical (unpaired) electrons. The van der Waals surface area contributed by atoms with E-state index in [1.54, 1.807) is 41.5 Å². The maximum Gasteiger partial charge on any atom is 0.246 e. The van der Waals surface area contributed by atoms with Crippen LogP contribution in [-0.4, -0.2) is 227 Å². The summed E-state index contributed by atoms with van der Waals surface area (Å²) in [5, 5.41) is 25.3. The highest BCUT2D eigenvalue weighted by molar-refractivity contribution is 8.02. The van der Waals surface area contributed by atoms with Gasteiger partial charge in [0.2, 0.25) is 65.0 Å². The minimum atomic E-state index is -1.65. The molecule has 91 heavy (non-hydrogen) atoms. The highest BCUT2D eigenvalue weighted by atomic mass is 32.2. The lowest BCUT2D eigenvalue weighted by Crippen LogP contribution is -2.63. The van der Waals surface area contributed by atoms with E-state index in [2.05, 4.69) is 21.3 Å². The second-order valence-electron chi connectivity index (χ2n) is 27.3. The Hall–Kier alpha value is -6.56. The summed E-state index contributed by atoms with van der Waals surface area (Å²) < 4.78 is 0. The van der Waals surface area contributed by atoms with Crippen LogP contribution in [0.2, 0.25) is 0 Å². The molecule has 0 aromatic heterocycles. The maximum absolute atomic E-state index is 15.3. The molecule has 1 aliphatic rings. The van der Waals surface area contributed by atoms with Gasteiger partial charge in [0, 0.05) is 54.2 Å². The van der Waals surface area contributed by atoms with E-state index < -0.39 is 156 Å². The SMILES string of the molecule is CC[C@@H]1NC(=O)[C@H]([C@H](O)[C@H](C)C/C=C/Sc2ccccc2)N(C)C(=O)[C@H](C(C)C)N(C)C(=O)[C@H](CC(C)C)N(C)C(=O)[C@H](CC(C)C)N(C)C(=O)[C@@H](C)NC(=O)[C@H](C)NC(=O)[C@H](CC(C)C)N(C)C(=O)[C@H](C(C)C)NC(=O)[C@H](CC(C)C)N(C)C(=O)CN(C)C1=O. The molecule has 0 unspecified atom stereocenters. The quantitative estimate of drug-likeness (QED) is 0.129. The first-order valence-corrected chi connectivity index (χ1v) is 33.2. The molecule has 0 bridgehead atoms. The zero-order chi connectivity index (χ0) is 69.8. The zero-order valence-electron chi connectivity index (χ0n) is 58.9. The third-order valence-electron chi connectivity index (χ3n) is 16.9. The predicted molar refractivity (Wildman–Crippen MR) is 355 cm³/mol. The van der Waals surface area contributed by atoms with Crippen molar-refractivity contribution >= 4 is 76.7 Å². The summed E-state index contributed by atoms with van der Waals surface area (Å²) in [6.45, 7) is 27.6. The Morgan fingerprint density at radius 3 is 1.41 bits per heavy atom. The van der Waals surface area contributed by atoms with Crippen LogP contribution < -0.4 is 21.3 Å². The average molecular weight is 1300 g/mol. The van der Waals surface area contributed by atoms with Gasteiger partial charge in [0.1, 0.15) is 60.4 Å². The molecule has 11 amide bonds. The largest absolute Gasteiger partial charge is 0.390 e. The highest BCUT2D eigenvalue weighted by Gasteiger charge is 2.46. The number of benzene rings is 1. The van der Waals surface area contributed by atoms with Gasteiger partial charge in [-0.3, -0.25) is 52.7 Å². The molecule has 1 heterocycles. The second-order valence-corrected chi connectivity index (χ2v) is 28.3. The van der Waals surface area contributed by atoms with Crippen molar-refractivity contribution in [1.29, 1.82) is 0 Å². The molecule has 0 spiro atoms. The Kier molecular flexibility index (Phi) is 32.9. The van der Waals surface area contributed by atoms with E-state index in [1.807, 2.05) is 97.2 Å². The van der Waals surface area contributed by atoms with Crippen LogP contribution in [0.1, 0.15) is 149 Å². The zero-order valence-corrected chi connectivity index (χ0v) is 59.7. The standard InChI is InChI=1S/C67H113N11O12S/c1-24-48-63(86)72(17)37-53(79)73(18)49(33-38(2)3)60(83)71-54(42(10)11)66(89)74(19)50(34-39(4)5)59(82)68-45(15)58(81)69-46(16)62(85)75(20)51(35-40(6)7)64(87)76(21)52(36-41(8)9)65(88)77(22)55(43(12)13)67(90)78(23)56(61(84)70-48)57(80)44(14)29-28-32-91-47-30-26-25-27-31-47/h25-28,30-32,38-46,48-52,54-57,80H,24,29,33-37H2,1-23H3,(H,68,82)(H,69,81)(H,70,84)(H,71,83)/b32-28+/t44-,45+,46-,48+,49+,50+,51+,52+,54+,55+,56+,57-/m1/s1. The number of aliphatic hydroxyl groups excluding tert-OH is 1. The summed E-state index contributed by atoms with van der Waals surface area (Å²) in [5.74, 6) is -9.88. The number of nitrogens with one attached hydrogen (secondary N) is 4. The van der Waals surface area contributed by atoms with Gasteiger partial charge >= 0.3 is 0 Å². The van der Waals surface area contributed by atoms with Gasteiger partial charge in [0.25, 0.3) is 0 Å². The van der Waals surface area contributed by atoms with Gasteiger partial charge in [0.15, 0.2) is 0 Å². The van der Waals surface area contributed by atoms with Crippen molar-refractivity contribution in [2.45, 2.75) is 221 Å². The van der Waals surface area contributed by atoms with Crippen LogP contribution in [0.5, 0.6) is 0 Å². The minimum absolute atomic E-state index is 0.00985. The Morgan fingerprint density at radius 1 is 0.484 bits per heavy atom. The fourth-order valence-electron chi connectivity index (χ4n) is 11.2. The fraction of sp³-hybridized carbons (Fsp3) is 0.716. The van der Waals surface area contributed by atoms with Gasteiger partial charge in [-0.15, -0.1) is 0 Å². The molecule has 24 heteroatoms. The lowest BCUT2D eigenvalue weighted by molar-refractivity contribution is -0.157. The van der Waals surface area contributed by atoms with Gasteiger partial charge in [-0.1, -0.05) is 133 Å². The number of carbonyl (C=O) groups is 11. The number of carbonyl (C=O) groups excluding carboxylic acids is 11. The second kappa shape index (κ2) is 37.2. The molecule has 0 aliphatic carbocycles. The lowest BCUT2D eigenvalue weighted by atomic mass is 9.91. The average Bonchev–Trinajstić information content (AvgIpc) is 3.30. The van der Waals surface area contributed by atoms with Crippen LogP contribution in [0.3, 0.4) is 0 Å². The van der Waals surface area contributed by atoms with Crippen molar-refractivity contribution in [3.63, 3.8) is 0 Å². The first kappa shape index (κ1) is 80.5. The van der Waals surface area contributed by atoms with Crippen molar-refractivity contribution in [2.75, 3.05) is 55.9 Å². The van der Waals surface area contributed by atoms with E-state index in [0.717, 1.165) is 14.7 Å². The summed E-state index contributed by atoms with van der Waals surface area (Å²) in [6, 6.07) is -2.85. The van der Waals surface area contributed by atoms with Crippen molar-refractivity contribution in [3.05, 3.63) is 41.8 Å². The summed E-state index contributed by atoms with van der Waals surface area (Å²) in [5.41, 5.74) is 0. The Bertz CT molecular complexity index is 2660. The molecular formula is C67H113N11O12S. The van der Waals surface area contributed by atoms with Crippen LogP contribution in [0.25, 0.3) is 0 Å². The number of allylic oxidation sites excluding steroid dienone is 1. The van der Waals surface area contributed by atoms with Crippen molar-refractivity contribution < 1.29 is 57.8 Å². The minimum Gasteiger partial charge on any atom is -0.390 e. The van der Waals surface area contributed by atoms with E-state index in [0.29, 0.717) is 0 Å². The van der Waals surface area contributed by atoms with Crippen LogP contribution >= 0.6 is 11.8 Å². The molecule has 2 rings (SSSR count). The number of hydrogen-bond donors (Lipinski definition) is 5. The van der Waals surface area contributed by atoms with Gasteiger partial charge in [-0.25, -0.2) is 0 Å². The van der Waals surface area contributed by atoms with Crippen LogP contribution in [0.15, 0.2) is 46.7 Å². The normalized spacial score (nSPS) is 25.9. The van der Waals surface area contributed by atoms with Gasteiger partial charge < -0.3 is 60.7 Å². The van der Waals surface area contributed by atoms with Crippen molar-refractivity contribution in [2.24, 2.45) is 41.4 Å². The summed E-state index contributed by atoms with van der Waals surface area (Å²) in [6.07, 6.45) is 1.16. The predicted octanol–water partition coefficient (Wildman–Crippen LogP) is 5.00. The van der Waals surface area contributed by atoms with E-state index >= 15 is 19.2 Å². The van der Waals surface area contributed by atoms with Crippen LogP contribution in [0.4, 0.5) is 0 Å². The number of likely N-dealkylation sites (N-methyl/N-ethyl adjacent to an activating group) is 7. The van der Waals surface area contributed by atoms with Gasteiger partial charge in [-0.05, 0) is 111 Å². The fourth-order valence-corrected chi connectivity index (χ4v) is 11.9. The van der Waals surface area contributed by atoms with Crippen molar-refractivity contribution in [3.8, 4) is 0 Å². The maximum atomic E-state index is 15.3. The molecule has 5 N–H and O–H groups in total. The lowest BCUT2D eigenvalue weighted by Gasteiger charge is -2.41. The van der Waals surface area contributed by atoms with Crippen molar-refractivity contribution in [1.82, 2.24) is 55.6 Å². The number of thioether (sulfide) groups is 1. The van der Waals surface area contributed by atoms with E-state index in [9.17, 15) is 38.7 Å². The number of nitrogens with zero attached hydrogens (tertiary/aromatic N) is 7. The highest BCUT2D eigenvalue weighted by Crippen LogP contribution is 2.27. The smallest absolute Gasteiger partial charge is 0.246 e. The topological polar surface area (TPSA) is 279 Å². The molecular weight excluding hydrogens is 1180 g/mol. The molecule has 0 saturated carbocycles. The third kappa shape index (κ3) is 23.2. The summed E-state index contributed by atoms with van der Waals surface area (Å²) >= 11 is 1.46. The Balaban J connectivity index is 2.98. The monoisotopic (exact) mass is 1300 g/mol. The van der Waals surface area contributed by atoms with Gasteiger partial charge in [0.05, 0.1) is 12.6 Å². The molecule has 1 aromatic carbocycles. The summed E-state index contributed by atoms with van der Waals surface area (Å²) in [4.78, 5) is 171. The molecule has 12 atom stereocenters. The molecule has 23 nitrogen and oxygen atoms in total. The summed E-state index contributed by atoms with van der Waals surface area (Å²) in [7, 11) is 9.93. The molecule has 1 saturated heterocycles. The number of rotatable bonds is 17. The molecule has 514 valence electrons. The van der Waals surface area contributed by atoms with E-state index in [4.69, 9.17) is 0 Å². The number of hydrogen-bond acceptors (Lipinski definition) is 13. The number of amides is 11. The van der Waals surface area contributed by atoms with Gasteiger partial charge in [-0.2, -0.15) is 0 Å². The van der Waals surface area contributed by atoms with Crippen LogP contribution in [-0.2, 0) is 52.7 Å². The first-order valence-electron chi connectivity index (χ1n) is 32.3. The van der Waals surface area contributed by atoms with E-state index in [1.165, 1.54) is 99.4 Å². The first-order chi connectivity index (χ1) is 42.2. The van der Waals surface area contributed by atoms with Crippen LogP contribution in [0, 0.1) is 41.4 Å². The Morgan fingerprint density at radius 2 is 0.923 bits per heavy atom. The molecule has 1 fully saturated rings. The van der Waals surface area contributed by atoms with E-state index in [-0.39, 0.29) is 62.2 Å². The third-order valence-corrected chi connectivity index (χ3v) is 17.8. The Labute approximate surface area is 547 Å². The molecule has 1 aliphatic heterocycles.